The van der Waals surface area contributed by atoms with Gasteiger partial charge < -0.3 is 5.73 Å². The van der Waals surface area contributed by atoms with Crippen LogP contribution in [-0.4, -0.2) is 8.42 Å². The van der Waals surface area contributed by atoms with E-state index in [0.717, 1.165) is 11.1 Å². The molecule has 2 rings (SSSR count). The number of halogens is 1. The lowest BCUT2D eigenvalue weighted by molar-refractivity contribution is 0.581. The molecular weight excluding hydrogens is 296 g/mol. The van der Waals surface area contributed by atoms with Crippen molar-refractivity contribution in [3.63, 3.8) is 0 Å². The summed E-state index contributed by atoms with van der Waals surface area (Å²) in [5, 5.41) is 0.149. The zero-order valence-corrected chi connectivity index (χ0v) is 12.5. The molecule has 0 saturated heterocycles. The van der Waals surface area contributed by atoms with Crippen LogP contribution in [0.4, 0.5) is 5.69 Å². The van der Waals surface area contributed by atoms with Gasteiger partial charge in [-0.3, -0.25) is 0 Å². The summed E-state index contributed by atoms with van der Waals surface area (Å²) in [4.78, 5) is -0.00757. The predicted octanol–water partition coefficient (Wildman–Crippen LogP) is 2.71. The smallest absolute Gasteiger partial charge is 0.242 e. The Hall–Kier alpha value is -1.56. The Morgan fingerprint density at radius 2 is 1.95 bits per heavy atom. The van der Waals surface area contributed by atoms with E-state index in [2.05, 4.69) is 4.72 Å². The number of anilines is 1. The number of aryl methyl sites for hydroxylation is 1. The molecule has 2 aromatic rings. The van der Waals surface area contributed by atoms with E-state index in [1.54, 1.807) is 6.07 Å². The van der Waals surface area contributed by atoms with Crippen molar-refractivity contribution in [1.82, 2.24) is 4.72 Å². The first kappa shape index (κ1) is 14.8. The van der Waals surface area contributed by atoms with Gasteiger partial charge in [0.25, 0.3) is 0 Å². The van der Waals surface area contributed by atoms with Gasteiger partial charge in [-0.2, -0.15) is 0 Å². The van der Waals surface area contributed by atoms with Gasteiger partial charge >= 0.3 is 0 Å². The molecule has 106 valence electrons. The average Bonchev–Trinajstić information content (AvgIpc) is 2.39. The maximum atomic E-state index is 12.2. The highest BCUT2D eigenvalue weighted by Gasteiger charge is 2.17. The number of hydrogen-bond acceptors (Lipinski definition) is 3. The SMILES string of the molecule is Cc1cccc(CNS(=O)(=O)c2cc(N)ccc2Cl)c1. The number of rotatable bonds is 4. The molecule has 0 fully saturated rings. The normalized spacial score (nSPS) is 11.5. The Balaban J connectivity index is 2.21. The molecule has 0 spiro atoms. The van der Waals surface area contributed by atoms with Crippen LogP contribution in [0.5, 0.6) is 0 Å². The Labute approximate surface area is 123 Å². The van der Waals surface area contributed by atoms with Crippen LogP contribution in [0.2, 0.25) is 5.02 Å². The van der Waals surface area contributed by atoms with Gasteiger partial charge in [0.2, 0.25) is 10.0 Å². The van der Waals surface area contributed by atoms with Crippen LogP contribution in [-0.2, 0) is 16.6 Å². The second-order valence-corrected chi connectivity index (χ2v) is 6.65. The molecule has 2 aromatic carbocycles. The van der Waals surface area contributed by atoms with Gasteiger partial charge in [0, 0.05) is 12.2 Å². The van der Waals surface area contributed by atoms with Gasteiger partial charge in [0.05, 0.1) is 5.02 Å². The van der Waals surface area contributed by atoms with E-state index in [4.69, 9.17) is 17.3 Å². The second kappa shape index (κ2) is 5.83. The van der Waals surface area contributed by atoms with E-state index < -0.39 is 10.0 Å². The number of hydrogen-bond donors (Lipinski definition) is 2. The minimum Gasteiger partial charge on any atom is -0.399 e. The Morgan fingerprint density at radius 3 is 2.65 bits per heavy atom. The summed E-state index contributed by atoms with van der Waals surface area (Å²) in [5.74, 6) is 0. The standard InChI is InChI=1S/C14H15ClN2O2S/c1-10-3-2-4-11(7-10)9-17-20(18,19)14-8-12(16)5-6-13(14)15/h2-8,17H,9,16H2,1H3. The van der Waals surface area contributed by atoms with Crippen LogP contribution in [0.1, 0.15) is 11.1 Å². The lowest BCUT2D eigenvalue weighted by atomic mass is 10.1. The molecule has 4 nitrogen and oxygen atoms in total. The van der Waals surface area contributed by atoms with Gasteiger partial charge in [-0.05, 0) is 30.7 Å². The van der Waals surface area contributed by atoms with E-state index in [9.17, 15) is 8.42 Å². The van der Waals surface area contributed by atoms with Crippen molar-refractivity contribution in [3.05, 3.63) is 58.6 Å². The van der Waals surface area contributed by atoms with Crippen molar-refractivity contribution in [2.75, 3.05) is 5.73 Å². The van der Waals surface area contributed by atoms with Crippen LogP contribution in [0.15, 0.2) is 47.4 Å². The lowest BCUT2D eigenvalue weighted by Crippen LogP contribution is -2.23. The molecule has 0 unspecified atom stereocenters. The van der Waals surface area contributed by atoms with Gasteiger partial charge in [0.1, 0.15) is 4.90 Å². The number of nitrogen functional groups attached to an aromatic ring is 1. The zero-order valence-electron chi connectivity index (χ0n) is 10.9. The van der Waals surface area contributed by atoms with Gasteiger partial charge in [-0.15, -0.1) is 0 Å². The summed E-state index contributed by atoms with van der Waals surface area (Å²) in [5.41, 5.74) is 7.91. The third-order valence-corrected chi connectivity index (χ3v) is 4.68. The highest BCUT2D eigenvalue weighted by Crippen LogP contribution is 2.23. The van der Waals surface area contributed by atoms with E-state index in [1.807, 2.05) is 31.2 Å². The third kappa shape index (κ3) is 3.50. The van der Waals surface area contributed by atoms with Crippen LogP contribution in [0.25, 0.3) is 0 Å². The highest BCUT2D eigenvalue weighted by atomic mass is 35.5. The molecule has 0 heterocycles. The van der Waals surface area contributed by atoms with E-state index in [0.29, 0.717) is 5.69 Å². The number of sulfonamides is 1. The fraction of sp³-hybridized carbons (Fsp3) is 0.143. The van der Waals surface area contributed by atoms with Crippen LogP contribution in [0, 0.1) is 6.92 Å². The van der Waals surface area contributed by atoms with E-state index in [1.165, 1.54) is 12.1 Å². The van der Waals surface area contributed by atoms with Crippen molar-refractivity contribution in [2.45, 2.75) is 18.4 Å². The molecule has 6 heteroatoms. The molecule has 0 saturated carbocycles. The molecular formula is C14H15ClN2O2S. The fourth-order valence-electron chi connectivity index (χ4n) is 1.80. The minimum absolute atomic E-state index is 0.00757. The molecule has 20 heavy (non-hydrogen) atoms. The monoisotopic (exact) mass is 310 g/mol. The summed E-state index contributed by atoms with van der Waals surface area (Å²) in [7, 11) is -3.69. The fourth-order valence-corrected chi connectivity index (χ4v) is 3.35. The predicted molar refractivity (Wildman–Crippen MR) is 81.1 cm³/mol. The zero-order chi connectivity index (χ0) is 14.8. The van der Waals surface area contributed by atoms with Gasteiger partial charge in [0.15, 0.2) is 0 Å². The first-order chi connectivity index (χ1) is 9.38. The molecule has 0 amide bonds. The molecule has 0 bridgehead atoms. The minimum atomic E-state index is -3.69. The summed E-state index contributed by atoms with van der Waals surface area (Å²) < 4.78 is 26.9. The first-order valence-electron chi connectivity index (χ1n) is 5.99. The topological polar surface area (TPSA) is 72.2 Å². The maximum absolute atomic E-state index is 12.2. The molecule has 3 N–H and O–H groups in total. The molecule has 0 aliphatic heterocycles. The summed E-state index contributed by atoms with van der Waals surface area (Å²) in [6, 6.07) is 12.0. The summed E-state index contributed by atoms with van der Waals surface area (Å²) in [6.07, 6.45) is 0. The van der Waals surface area contributed by atoms with Crippen molar-refractivity contribution in [3.8, 4) is 0 Å². The van der Waals surface area contributed by atoms with E-state index >= 15 is 0 Å². The van der Waals surface area contributed by atoms with Crippen molar-refractivity contribution < 1.29 is 8.42 Å². The van der Waals surface area contributed by atoms with Crippen LogP contribution < -0.4 is 10.5 Å². The molecule has 0 aromatic heterocycles. The summed E-state index contributed by atoms with van der Waals surface area (Å²) >= 11 is 5.91. The van der Waals surface area contributed by atoms with E-state index in [-0.39, 0.29) is 16.5 Å². The quantitative estimate of drug-likeness (QED) is 0.853. The van der Waals surface area contributed by atoms with Crippen LogP contribution in [0.3, 0.4) is 0 Å². The largest absolute Gasteiger partial charge is 0.399 e. The maximum Gasteiger partial charge on any atom is 0.242 e. The highest BCUT2D eigenvalue weighted by molar-refractivity contribution is 7.89. The third-order valence-electron chi connectivity index (χ3n) is 2.79. The summed E-state index contributed by atoms with van der Waals surface area (Å²) in [6.45, 7) is 2.15. The number of nitrogens with one attached hydrogen (secondary N) is 1. The molecule has 0 aliphatic rings. The molecule has 0 aliphatic carbocycles. The Bertz CT molecular complexity index is 730. The number of nitrogens with two attached hydrogens (primary N) is 1. The average molecular weight is 311 g/mol. The second-order valence-electron chi connectivity index (χ2n) is 4.50. The van der Waals surface area contributed by atoms with Gasteiger partial charge in [-0.25, -0.2) is 13.1 Å². The Morgan fingerprint density at radius 1 is 1.20 bits per heavy atom. The van der Waals surface area contributed by atoms with Gasteiger partial charge in [-0.1, -0.05) is 41.4 Å². The first-order valence-corrected chi connectivity index (χ1v) is 7.85. The van der Waals surface area contributed by atoms with Crippen molar-refractivity contribution in [2.24, 2.45) is 0 Å². The van der Waals surface area contributed by atoms with Crippen molar-refractivity contribution in [1.29, 1.82) is 0 Å². The Kier molecular flexibility index (Phi) is 4.32. The van der Waals surface area contributed by atoms with Crippen LogP contribution >= 0.6 is 11.6 Å². The lowest BCUT2D eigenvalue weighted by Gasteiger charge is -2.09. The number of benzene rings is 2. The van der Waals surface area contributed by atoms with Crippen molar-refractivity contribution >= 4 is 27.3 Å². The molecule has 0 atom stereocenters. The molecule has 0 radical (unpaired) electrons.